The summed E-state index contributed by atoms with van der Waals surface area (Å²) in [6.07, 6.45) is 5.21. The van der Waals surface area contributed by atoms with Gasteiger partial charge in [0, 0.05) is 18.3 Å². The molecule has 1 aliphatic rings. The lowest BCUT2D eigenvalue weighted by Crippen LogP contribution is -2.44. The third-order valence-corrected chi connectivity index (χ3v) is 3.10. The van der Waals surface area contributed by atoms with Gasteiger partial charge in [-0.3, -0.25) is 4.79 Å². The normalized spacial score (nSPS) is 20.8. The first kappa shape index (κ1) is 12.6. The summed E-state index contributed by atoms with van der Waals surface area (Å²) in [6, 6.07) is 9.54. The van der Waals surface area contributed by atoms with Crippen LogP contribution in [0.1, 0.15) is 12.8 Å². The van der Waals surface area contributed by atoms with Crippen LogP contribution in [-0.2, 0) is 4.79 Å². The zero-order valence-electron chi connectivity index (χ0n) is 10.2. The quantitative estimate of drug-likeness (QED) is 0.825. The molecule has 0 radical (unpaired) electrons. The molecule has 1 heterocycles. The summed E-state index contributed by atoms with van der Waals surface area (Å²) in [5.41, 5.74) is 0.981. The molecule has 1 aromatic rings. The van der Waals surface area contributed by atoms with E-state index in [0.29, 0.717) is 12.8 Å². The minimum Gasteiger partial charge on any atom is -0.391 e. The minimum absolute atomic E-state index is 0.0512. The largest absolute Gasteiger partial charge is 0.391 e. The molecule has 1 N–H and O–H groups in total. The number of hydrogen-bond donors (Lipinski definition) is 1. The van der Waals surface area contributed by atoms with Crippen molar-refractivity contribution in [2.45, 2.75) is 25.0 Å². The molecule has 2 unspecified atom stereocenters. The van der Waals surface area contributed by atoms with E-state index in [9.17, 15) is 9.90 Å². The van der Waals surface area contributed by atoms with Crippen LogP contribution in [0.15, 0.2) is 55.3 Å². The predicted octanol–water partition coefficient (Wildman–Crippen LogP) is 2.29. The van der Waals surface area contributed by atoms with Crippen LogP contribution in [0.25, 0.3) is 0 Å². The maximum absolute atomic E-state index is 11.5. The molecule has 0 saturated heterocycles. The van der Waals surface area contributed by atoms with Gasteiger partial charge in [0.05, 0.1) is 12.1 Å². The number of carbonyl (C=O) groups is 1. The molecule has 94 valence electrons. The van der Waals surface area contributed by atoms with E-state index in [0.717, 1.165) is 5.69 Å². The fourth-order valence-electron chi connectivity index (χ4n) is 2.17. The number of hydrogen-bond acceptors (Lipinski definition) is 3. The van der Waals surface area contributed by atoms with E-state index < -0.39 is 6.10 Å². The Morgan fingerprint density at radius 3 is 2.83 bits per heavy atom. The first-order valence-electron chi connectivity index (χ1n) is 6.05. The molecule has 3 heteroatoms. The van der Waals surface area contributed by atoms with E-state index >= 15 is 0 Å². The highest BCUT2D eigenvalue weighted by Crippen LogP contribution is 2.25. The Morgan fingerprint density at radius 1 is 1.44 bits per heavy atom. The van der Waals surface area contributed by atoms with Gasteiger partial charge in [-0.1, -0.05) is 24.3 Å². The van der Waals surface area contributed by atoms with Gasteiger partial charge in [-0.25, -0.2) is 0 Å². The van der Waals surface area contributed by atoms with E-state index in [1.165, 1.54) is 0 Å². The molecule has 3 nitrogen and oxygen atoms in total. The van der Waals surface area contributed by atoms with Crippen LogP contribution < -0.4 is 4.90 Å². The second-order valence-electron chi connectivity index (χ2n) is 4.39. The van der Waals surface area contributed by atoms with Crippen molar-refractivity contribution < 1.29 is 9.90 Å². The van der Waals surface area contributed by atoms with Gasteiger partial charge in [0.15, 0.2) is 5.78 Å². The Balaban J connectivity index is 2.27. The third-order valence-electron chi connectivity index (χ3n) is 3.10. The fraction of sp³-hybridized carbons (Fsp3) is 0.267. The summed E-state index contributed by atoms with van der Waals surface area (Å²) in [6.45, 7) is 3.63. The topological polar surface area (TPSA) is 40.5 Å². The molecule has 0 aromatic heterocycles. The van der Waals surface area contributed by atoms with Crippen molar-refractivity contribution in [3.8, 4) is 0 Å². The first-order chi connectivity index (χ1) is 8.72. The number of rotatable bonds is 4. The van der Waals surface area contributed by atoms with Crippen LogP contribution in [0, 0.1) is 0 Å². The summed E-state index contributed by atoms with van der Waals surface area (Å²) in [5, 5.41) is 10.1. The number of aliphatic hydroxyl groups excluding tert-OH is 1. The number of para-hydroxylation sites is 1. The lowest BCUT2D eigenvalue weighted by atomic mass is 9.97. The highest BCUT2D eigenvalue weighted by Gasteiger charge is 2.29. The molecule has 0 spiro atoms. The summed E-state index contributed by atoms with van der Waals surface area (Å²) in [5.74, 6) is 0.0512. The molecule has 18 heavy (non-hydrogen) atoms. The first-order valence-corrected chi connectivity index (χ1v) is 6.05. The summed E-state index contributed by atoms with van der Waals surface area (Å²) in [7, 11) is 0. The van der Waals surface area contributed by atoms with Crippen molar-refractivity contribution in [1.82, 2.24) is 0 Å². The Kier molecular flexibility index (Phi) is 3.95. The van der Waals surface area contributed by atoms with Gasteiger partial charge in [0.25, 0.3) is 0 Å². The van der Waals surface area contributed by atoms with Gasteiger partial charge < -0.3 is 10.0 Å². The van der Waals surface area contributed by atoms with E-state index in [1.807, 2.05) is 35.2 Å². The SMILES string of the molecule is C=CCC(O)C1CC(=O)C=CN1c1ccccc1. The smallest absolute Gasteiger partial charge is 0.159 e. The van der Waals surface area contributed by atoms with Crippen molar-refractivity contribution in [2.75, 3.05) is 4.90 Å². The average molecular weight is 243 g/mol. The van der Waals surface area contributed by atoms with Crippen molar-refractivity contribution in [1.29, 1.82) is 0 Å². The number of nitrogens with zero attached hydrogens (tertiary/aromatic N) is 1. The number of anilines is 1. The maximum Gasteiger partial charge on any atom is 0.159 e. The van der Waals surface area contributed by atoms with E-state index in [4.69, 9.17) is 0 Å². The number of ketones is 1. The monoisotopic (exact) mass is 243 g/mol. The molecule has 2 rings (SSSR count). The number of aliphatic hydroxyl groups is 1. The number of carbonyl (C=O) groups excluding carboxylic acids is 1. The molecule has 0 fully saturated rings. The lowest BCUT2D eigenvalue weighted by molar-refractivity contribution is -0.115. The summed E-state index contributed by atoms with van der Waals surface area (Å²) in [4.78, 5) is 13.5. The van der Waals surface area contributed by atoms with Crippen molar-refractivity contribution in [2.24, 2.45) is 0 Å². The highest BCUT2D eigenvalue weighted by atomic mass is 16.3. The Bertz CT molecular complexity index is 453. The Morgan fingerprint density at radius 2 is 2.17 bits per heavy atom. The standard InChI is InChI=1S/C15H17NO2/c1-2-6-15(18)14-11-13(17)9-10-16(14)12-7-4-3-5-8-12/h2-5,7-10,14-15,18H,1,6,11H2. The van der Waals surface area contributed by atoms with Crippen molar-refractivity contribution in [3.63, 3.8) is 0 Å². The maximum atomic E-state index is 11.5. The zero-order chi connectivity index (χ0) is 13.0. The van der Waals surface area contributed by atoms with Gasteiger partial charge >= 0.3 is 0 Å². The Hall–Kier alpha value is -1.87. The van der Waals surface area contributed by atoms with Crippen LogP contribution >= 0.6 is 0 Å². The van der Waals surface area contributed by atoms with Crippen LogP contribution in [0.2, 0.25) is 0 Å². The number of benzene rings is 1. The van der Waals surface area contributed by atoms with Crippen molar-refractivity contribution in [3.05, 3.63) is 55.3 Å². The molecular weight excluding hydrogens is 226 g/mol. The predicted molar refractivity (Wildman–Crippen MR) is 72.3 cm³/mol. The van der Waals surface area contributed by atoms with E-state index in [2.05, 4.69) is 6.58 Å². The average Bonchev–Trinajstić information content (AvgIpc) is 2.40. The molecule has 0 aliphatic carbocycles. The molecule has 0 saturated carbocycles. The summed E-state index contributed by atoms with van der Waals surface area (Å²) >= 11 is 0. The van der Waals surface area contributed by atoms with Crippen LogP contribution in [0.3, 0.4) is 0 Å². The van der Waals surface area contributed by atoms with E-state index in [1.54, 1.807) is 18.4 Å². The van der Waals surface area contributed by atoms with Gasteiger partial charge in [-0.05, 0) is 24.6 Å². The van der Waals surface area contributed by atoms with Crippen LogP contribution in [0.5, 0.6) is 0 Å². The fourth-order valence-corrected chi connectivity index (χ4v) is 2.17. The molecule has 2 atom stereocenters. The molecule has 1 aliphatic heterocycles. The molecule has 0 amide bonds. The lowest BCUT2D eigenvalue weighted by Gasteiger charge is -2.35. The molecular formula is C15H17NO2. The van der Waals surface area contributed by atoms with Gasteiger partial charge in [-0.2, -0.15) is 0 Å². The van der Waals surface area contributed by atoms with Crippen LogP contribution in [0.4, 0.5) is 5.69 Å². The summed E-state index contributed by atoms with van der Waals surface area (Å²) < 4.78 is 0. The minimum atomic E-state index is -0.586. The highest BCUT2D eigenvalue weighted by molar-refractivity contribution is 5.92. The second-order valence-corrected chi connectivity index (χ2v) is 4.39. The van der Waals surface area contributed by atoms with Crippen LogP contribution in [-0.4, -0.2) is 23.0 Å². The van der Waals surface area contributed by atoms with Gasteiger partial charge in [-0.15, -0.1) is 6.58 Å². The third kappa shape index (κ3) is 2.68. The molecule has 0 bridgehead atoms. The van der Waals surface area contributed by atoms with E-state index in [-0.39, 0.29) is 11.8 Å². The second kappa shape index (κ2) is 5.65. The zero-order valence-corrected chi connectivity index (χ0v) is 10.2. The van der Waals surface area contributed by atoms with Crippen molar-refractivity contribution >= 4 is 11.5 Å². The number of allylic oxidation sites excluding steroid dienone is 1. The Labute approximate surface area is 107 Å². The van der Waals surface area contributed by atoms with Gasteiger partial charge in [0.2, 0.25) is 0 Å². The van der Waals surface area contributed by atoms with Gasteiger partial charge in [0.1, 0.15) is 0 Å². The molecule has 1 aromatic carbocycles.